The molecule has 0 spiro atoms. The van der Waals surface area contributed by atoms with Crippen molar-refractivity contribution >= 4 is 38.2 Å². The van der Waals surface area contributed by atoms with Crippen LogP contribution in [0.4, 0.5) is 4.79 Å². The van der Waals surface area contributed by atoms with Crippen molar-refractivity contribution in [3.8, 4) is 0 Å². The van der Waals surface area contributed by atoms with Gasteiger partial charge >= 0.3 is 26.6 Å². The normalized spacial score (nSPS) is 12.6. The largest absolute Gasteiger partial charge is 0.481 e. The molecule has 1 aromatic carbocycles. The summed E-state index contributed by atoms with van der Waals surface area (Å²) in [5.41, 5.74) is 0.342. The van der Waals surface area contributed by atoms with Gasteiger partial charge in [-0.05, 0) is 57.2 Å². The number of carbonyl (C=O) groups is 3. The summed E-state index contributed by atoms with van der Waals surface area (Å²) in [6, 6.07) is 7.34. The van der Waals surface area contributed by atoms with E-state index in [1.54, 1.807) is 32.9 Å². The lowest BCUT2D eigenvalue weighted by molar-refractivity contribution is -0.144. The van der Waals surface area contributed by atoms with E-state index in [4.69, 9.17) is 39.8 Å². The monoisotopic (exact) mass is 956 g/mol. The van der Waals surface area contributed by atoms with Gasteiger partial charge in [0, 0.05) is 30.8 Å². The summed E-state index contributed by atoms with van der Waals surface area (Å²) in [5.74, 6) is -0.0318. The molecule has 12 heteroatoms. The zero-order valence-electron chi connectivity index (χ0n) is 41.8. The number of aliphatic carboxylic acids is 1. The van der Waals surface area contributed by atoms with Gasteiger partial charge in [0.25, 0.3) is 0 Å². The first-order chi connectivity index (χ1) is 31.5. The standard InChI is InChI=1S/C53H95ClNO9P/c1-5-6-7-8-9-10-18-21-24-27-33-47(35-30-31-36-50(56)57)34-28-25-22-19-16-14-12-11-13-15-17-20-23-26-29-37-51(58)60-43-32-44-61-65(63-46-48-38-40-49(54)41-39-48)62-45-42-55-52(59)64-53(2,3)4/h38-41,47H,5-37,42-46H2,1-4H3,(H,55,59)(H,56,57). The molecule has 0 radical (unpaired) electrons. The van der Waals surface area contributed by atoms with Crippen molar-refractivity contribution in [1.82, 2.24) is 5.32 Å². The molecule has 0 heterocycles. The molecule has 10 nitrogen and oxygen atoms in total. The molecule has 65 heavy (non-hydrogen) atoms. The van der Waals surface area contributed by atoms with Crippen LogP contribution in [-0.4, -0.2) is 55.1 Å². The highest BCUT2D eigenvalue weighted by molar-refractivity contribution is 7.41. The summed E-state index contributed by atoms with van der Waals surface area (Å²) >= 11 is 6.00. The van der Waals surface area contributed by atoms with Crippen LogP contribution < -0.4 is 5.32 Å². The second kappa shape index (κ2) is 43.3. The van der Waals surface area contributed by atoms with Gasteiger partial charge in [0.05, 0.1) is 26.4 Å². The highest BCUT2D eigenvalue weighted by atomic mass is 35.5. The summed E-state index contributed by atoms with van der Waals surface area (Å²) in [7, 11) is -1.69. The van der Waals surface area contributed by atoms with Crippen LogP contribution in [0.1, 0.15) is 245 Å². The molecule has 1 amide bonds. The molecule has 378 valence electrons. The zero-order valence-corrected chi connectivity index (χ0v) is 43.4. The van der Waals surface area contributed by atoms with Gasteiger partial charge in [-0.25, -0.2) is 4.79 Å². The molecule has 1 aromatic rings. The van der Waals surface area contributed by atoms with Crippen molar-refractivity contribution in [2.45, 2.75) is 252 Å². The van der Waals surface area contributed by atoms with Crippen LogP contribution in [0.25, 0.3) is 0 Å². The summed E-state index contributed by atoms with van der Waals surface area (Å²) in [5, 5.41) is 12.3. The van der Waals surface area contributed by atoms with Gasteiger partial charge in [-0.2, -0.15) is 0 Å². The number of ether oxygens (including phenoxy) is 2. The Hall–Kier alpha value is -1.97. The number of esters is 1. The van der Waals surface area contributed by atoms with Crippen LogP contribution in [0.15, 0.2) is 24.3 Å². The summed E-state index contributed by atoms with van der Waals surface area (Å²) in [6.45, 7) is 8.99. The Kier molecular flexibility index (Phi) is 40.7. The number of amides is 1. The van der Waals surface area contributed by atoms with E-state index in [1.165, 1.54) is 167 Å². The van der Waals surface area contributed by atoms with Crippen LogP contribution in [0.5, 0.6) is 0 Å². The average Bonchev–Trinajstić information content (AvgIpc) is 3.26. The molecular weight excluding hydrogens is 861 g/mol. The van der Waals surface area contributed by atoms with E-state index in [1.807, 2.05) is 12.1 Å². The highest BCUT2D eigenvalue weighted by Gasteiger charge is 2.17. The smallest absolute Gasteiger partial charge is 0.407 e. The third kappa shape index (κ3) is 43.1. The first-order valence-electron chi connectivity index (χ1n) is 26.3. The summed E-state index contributed by atoms with van der Waals surface area (Å²) in [6.07, 6.45) is 39.5. The number of nitrogens with one attached hydrogen (secondary N) is 1. The molecule has 1 rings (SSSR count). The van der Waals surface area contributed by atoms with Crippen LogP contribution >= 0.6 is 20.2 Å². The molecule has 0 aliphatic carbocycles. The lowest BCUT2D eigenvalue weighted by Crippen LogP contribution is -2.34. The Morgan fingerprint density at radius 3 is 1.52 bits per heavy atom. The quantitative estimate of drug-likeness (QED) is 0.0373. The number of carboxylic acid groups (broad SMARTS) is 1. The third-order valence-corrected chi connectivity index (χ3v) is 13.1. The number of hydrogen-bond acceptors (Lipinski definition) is 8. The Bertz CT molecular complexity index is 1260. The van der Waals surface area contributed by atoms with E-state index in [0.29, 0.717) is 30.9 Å². The van der Waals surface area contributed by atoms with E-state index in [2.05, 4.69) is 12.2 Å². The van der Waals surface area contributed by atoms with Crippen molar-refractivity contribution < 1.29 is 42.5 Å². The molecule has 2 atom stereocenters. The molecule has 0 aliphatic heterocycles. The number of halogens is 1. The average molecular weight is 957 g/mol. The number of alkyl carbamates (subject to hydrolysis) is 1. The van der Waals surface area contributed by atoms with E-state index < -0.39 is 26.3 Å². The predicted molar refractivity (Wildman–Crippen MR) is 269 cm³/mol. The second-order valence-corrected chi connectivity index (χ2v) is 20.8. The second-order valence-electron chi connectivity index (χ2n) is 19.1. The SMILES string of the molecule is CCCCCCCCCCCCC(CCCCCCCCCCCCCCCCCC(=O)OCCCOP(OCCNC(=O)OC(C)(C)C)OCc1ccc(Cl)cc1)CCCCC(=O)O. The molecule has 0 fully saturated rings. The Morgan fingerprint density at radius 1 is 0.585 bits per heavy atom. The van der Waals surface area contributed by atoms with Gasteiger partial charge in [0.1, 0.15) is 5.60 Å². The minimum Gasteiger partial charge on any atom is -0.481 e. The van der Waals surface area contributed by atoms with E-state index in [-0.39, 0.29) is 32.3 Å². The van der Waals surface area contributed by atoms with Gasteiger partial charge in [0.15, 0.2) is 0 Å². The minimum atomic E-state index is -1.69. The zero-order chi connectivity index (χ0) is 47.5. The molecule has 0 aliphatic rings. The molecule has 0 saturated carbocycles. The first-order valence-corrected chi connectivity index (χ1v) is 27.7. The van der Waals surface area contributed by atoms with Crippen molar-refractivity contribution in [3.63, 3.8) is 0 Å². The minimum absolute atomic E-state index is 0.166. The van der Waals surface area contributed by atoms with Crippen molar-refractivity contribution in [2.24, 2.45) is 5.92 Å². The van der Waals surface area contributed by atoms with Gasteiger partial charge in [0.2, 0.25) is 0 Å². The molecule has 2 unspecified atom stereocenters. The summed E-state index contributed by atoms with van der Waals surface area (Å²) < 4.78 is 28.2. The molecule has 0 saturated heterocycles. The van der Waals surface area contributed by atoms with Crippen LogP contribution in [0.3, 0.4) is 0 Å². The maximum atomic E-state index is 12.3. The summed E-state index contributed by atoms with van der Waals surface area (Å²) in [4.78, 5) is 35.2. The molecule has 2 N–H and O–H groups in total. The lowest BCUT2D eigenvalue weighted by Gasteiger charge is -2.20. The van der Waals surface area contributed by atoms with Crippen LogP contribution in [0, 0.1) is 5.92 Å². The van der Waals surface area contributed by atoms with Crippen molar-refractivity contribution in [2.75, 3.05) is 26.4 Å². The van der Waals surface area contributed by atoms with Gasteiger partial charge < -0.3 is 33.5 Å². The number of carbonyl (C=O) groups excluding carboxylic acids is 2. The molecular formula is C53H95ClNO9P. The topological polar surface area (TPSA) is 130 Å². The van der Waals surface area contributed by atoms with Crippen molar-refractivity contribution in [1.29, 1.82) is 0 Å². The number of rotatable bonds is 46. The maximum Gasteiger partial charge on any atom is 0.407 e. The van der Waals surface area contributed by atoms with E-state index in [9.17, 15) is 14.4 Å². The first kappa shape index (κ1) is 61.0. The van der Waals surface area contributed by atoms with E-state index in [0.717, 1.165) is 37.2 Å². The molecule has 0 bridgehead atoms. The number of hydrogen-bond donors (Lipinski definition) is 2. The molecule has 0 aromatic heterocycles. The fourth-order valence-electron chi connectivity index (χ4n) is 7.93. The number of benzene rings is 1. The lowest BCUT2D eigenvalue weighted by atomic mass is 9.89. The van der Waals surface area contributed by atoms with Crippen LogP contribution in [0.2, 0.25) is 5.02 Å². The van der Waals surface area contributed by atoms with Crippen LogP contribution in [-0.2, 0) is 39.2 Å². The number of carboxylic acids is 1. The van der Waals surface area contributed by atoms with Gasteiger partial charge in [-0.1, -0.05) is 210 Å². The maximum absolute atomic E-state index is 12.3. The predicted octanol–water partition coefficient (Wildman–Crippen LogP) is 16.8. The fraction of sp³-hybridized carbons (Fsp3) is 0.830. The number of unbranched alkanes of at least 4 members (excludes halogenated alkanes) is 24. The van der Waals surface area contributed by atoms with Crippen molar-refractivity contribution in [3.05, 3.63) is 34.9 Å². The Morgan fingerprint density at radius 2 is 1.03 bits per heavy atom. The van der Waals surface area contributed by atoms with Gasteiger partial charge in [-0.15, -0.1) is 0 Å². The third-order valence-electron chi connectivity index (χ3n) is 11.7. The van der Waals surface area contributed by atoms with E-state index >= 15 is 0 Å². The van der Waals surface area contributed by atoms with Gasteiger partial charge in [-0.3, -0.25) is 9.59 Å². The Labute approximate surface area is 403 Å². The highest BCUT2D eigenvalue weighted by Crippen LogP contribution is 2.40. The fourth-order valence-corrected chi connectivity index (χ4v) is 9.05. The Balaban J connectivity index is 2.03.